The Balaban J connectivity index is 1.66. The summed E-state index contributed by atoms with van der Waals surface area (Å²) in [5.41, 5.74) is 1.70. The summed E-state index contributed by atoms with van der Waals surface area (Å²) in [6.45, 7) is 0. The van der Waals surface area contributed by atoms with Gasteiger partial charge in [0.2, 0.25) is 6.29 Å². The summed E-state index contributed by atoms with van der Waals surface area (Å²) < 4.78 is 27.1. The van der Waals surface area contributed by atoms with Gasteiger partial charge < -0.3 is 44.1 Å². The number of carboxylic acid groups (broad SMARTS) is 1. The molecule has 3 aromatic rings. The summed E-state index contributed by atoms with van der Waals surface area (Å²) in [4.78, 5) is 15.9. The highest BCUT2D eigenvalue weighted by molar-refractivity contribution is 5.88. The molecule has 4 rings (SSSR count). The molecule has 1 aliphatic heterocycles. The van der Waals surface area contributed by atoms with Crippen molar-refractivity contribution in [1.29, 1.82) is 0 Å². The highest BCUT2D eigenvalue weighted by Gasteiger charge is 2.48. The van der Waals surface area contributed by atoms with Gasteiger partial charge in [-0.25, -0.2) is 4.79 Å². The quantitative estimate of drug-likeness (QED) is 0.351. The molecule has 1 aliphatic rings. The number of hydrogen-bond donors (Lipinski definition) is 4. The molecule has 0 amide bonds. The zero-order chi connectivity index (χ0) is 26.0. The molecule has 0 saturated carbocycles. The Labute approximate surface area is 206 Å². The first-order valence-corrected chi connectivity index (χ1v) is 11.0. The molecule has 1 aromatic heterocycles. The topological polar surface area (TPSA) is 157 Å². The average molecular weight is 501 g/mol. The van der Waals surface area contributed by atoms with Crippen LogP contribution >= 0.6 is 0 Å². The molecular formula is C25H27NO10. The molecule has 3 unspecified atom stereocenters. The van der Waals surface area contributed by atoms with E-state index in [1.54, 1.807) is 38.6 Å². The Kier molecular flexibility index (Phi) is 7.45. The molecule has 192 valence electrons. The van der Waals surface area contributed by atoms with Crippen molar-refractivity contribution in [3.63, 3.8) is 0 Å². The lowest BCUT2D eigenvalue weighted by atomic mass is 9.99. The van der Waals surface area contributed by atoms with Gasteiger partial charge in [-0.1, -0.05) is 6.07 Å². The van der Waals surface area contributed by atoms with Crippen LogP contribution in [-0.2, 0) is 16.0 Å². The minimum Gasteiger partial charge on any atom is -0.493 e. The van der Waals surface area contributed by atoms with Crippen molar-refractivity contribution in [2.75, 3.05) is 21.3 Å². The molecule has 1 saturated heterocycles. The zero-order valence-corrected chi connectivity index (χ0v) is 19.8. The van der Waals surface area contributed by atoms with E-state index in [4.69, 9.17) is 23.7 Å². The van der Waals surface area contributed by atoms with Gasteiger partial charge in [-0.05, 0) is 41.3 Å². The van der Waals surface area contributed by atoms with Crippen LogP contribution in [0.1, 0.15) is 11.3 Å². The van der Waals surface area contributed by atoms with E-state index >= 15 is 0 Å². The first-order valence-electron chi connectivity index (χ1n) is 11.0. The van der Waals surface area contributed by atoms with Crippen LogP contribution in [0.3, 0.4) is 0 Å². The number of fused-ring (bicyclic) bond motifs is 1. The van der Waals surface area contributed by atoms with Crippen LogP contribution in [0.5, 0.6) is 23.0 Å². The molecule has 5 atom stereocenters. The molecule has 11 nitrogen and oxygen atoms in total. The van der Waals surface area contributed by atoms with Gasteiger partial charge in [0.05, 0.1) is 27.0 Å². The maximum Gasteiger partial charge on any atom is 0.335 e. The molecule has 1 fully saturated rings. The summed E-state index contributed by atoms with van der Waals surface area (Å²) in [7, 11) is 4.56. The number of rotatable bonds is 8. The van der Waals surface area contributed by atoms with Crippen molar-refractivity contribution in [1.82, 2.24) is 4.98 Å². The number of carbonyl (C=O) groups is 1. The molecule has 0 spiro atoms. The molecule has 2 heterocycles. The third-order valence-electron chi connectivity index (χ3n) is 6.01. The molecule has 4 N–H and O–H groups in total. The average Bonchev–Trinajstić information content (AvgIpc) is 2.88. The van der Waals surface area contributed by atoms with Crippen molar-refractivity contribution < 1.29 is 48.9 Å². The number of carboxylic acids is 1. The lowest BCUT2D eigenvalue weighted by molar-refractivity contribution is -0.271. The standard InChI is InChI=1S/C25H27NO10/c1-32-16-5-4-12(9-17(16)33-2)8-15-14-11-18(34-3)19(10-13(14)6-7-26-15)35-25-22(29)20(27)21(28)23(36-25)24(30)31/h4-7,9-11,20-23,25,27-29H,8H2,1-3H3,(H,30,31)/t20?,21-,22?,23?,25+/m0/s1. The summed E-state index contributed by atoms with van der Waals surface area (Å²) in [5.74, 6) is 0.128. The first-order chi connectivity index (χ1) is 17.3. The lowest BCUT2D eigenvalue weighted by Gasteiger charge is -2.38. The number of pyridine rings is 1. The number of benzene rings is 2. The molecular weight excluding hydrogens is 474 g/mol. The van der Waals surface area contributed by atoms with Crippen LogP contribution in [0, 0.1) is 0 Å². The minimum atomic E-state index is -1.82. The van der Waals surface area contributed by atoms with Gasteiger partial charge in [-0.15, -0.1) is 0 Å². The Morgan fingerprint density at radius 2 is 1.58 bits per heavy atom. The maximum atomic E-state index is 11.4. The van der Waals surface area contributed by atoms with Gasteiger partial charge in [0.15, 0.2) is 29.1 Å². The number of aliphatic carboxylic acids is 1. The number of ether oxygens (including phenoxy) is 5. The number of aliphatic hydroxyl groups is 3. The monoisotopic (exact) mass is 501 g/mol. The molecule has 36 heavy (non-hydrogen) atoms. The molecule has 0 bridgehead atoms. The number of aliphatic hydroxyl groups excluding tert-OH is 3. The number of nitrogens with zero attached hydrogens (tertiary/aromatic N) is 1. The van der Waals surface area contributed by atoms with Crippen molar-refractivity contribution in [2.24, 2.45) is 0 Å². The Morgan fingerprint density at radius 3 is 2.25 bits per heavy atom. The Morgan fingerprint density at radius 1 is 0.889 bits per heavy atom. The Bertz CT molecular complexity index is 1250. The maximum absolute atomic E-state index is 11.4. The largest absolute Gasteiger partial charge is 0.493 e. The molecule has 2 aromatic carbocycles. The third-order valence-corrected chi connectivity index (χ3v) is 6.01. The van der Waals surface area contributed by atoms with Crippen LogP contribution in [0.25, 0.3) is 10.8 Å². The summed E-state index contributed by atoms with van der Waals surface area (Å²) >= 11 is 0. The Hall–Kier alpha value is -3.64. The molecule has 11 heteroatoms. The second-order valence-electron chi connectivity index (χ2n) is 8.20. The van der Waals surface area contributed by atoms with Gasteiger partial charge in [-0.2, -0.15) is 0 Å². The van der Waals surface area contributed by atoms with Crippen LogP contribution in [0.4, 0.5) is 0 Å². The van der Waals surface area contributed by atoms with Gasteiger partial charge in [-0.3, -0.25) is 4.98 Å². The van der Waals surface area contributed by atoms with Gasteiger partial charge >= 0.3 is 5.97 Å². The zero-order valence-electron chi connectivity index (χ0n) is 19.8. The first kappa shape index (κ1) is 25.5. The van der Waals surface area contributed by atoms with Crippen molar-refractivity contribution in [2.45, 2.75) is 37.1 Å². The van der Waals surface area contributed by atoms with Crippen LogP contribution in [-0.4, -0.2) is 83.4 Å². The number of methoxy groups -OCH3 is 3. The van der Waals surface area contributed by atoms with E-state index in [9.17, 15) is 25.2 Å². The summed E-state index contributed by atoms with van der Waals surface area (Å²) in [5, 5.41) is 41.1. The second-order valence-corrected chi connectivity index (χ2v) is 8.20. The molecule has 0 radical (unpaired) electrons. The van der Waals surface area contributed by atoms with E-state index in [2.05, 4.69) is 4.98 Å². The predicted octanol–water partition coefficient (Wildman–Crippen LogP) is 1.12. The van der Waals surface area contributed by atoms with Crippen LogP contribution in [0.15, 0.2) is 42.6 Å². The van der Waals surface area contributed by atoms with Crippen molar-refractivity contribution >= 4 is 16.7 Å². The number of hydrogen-bond acceptors (Lipinski definition) is 10. The van der Waals surface area contributed by atoms with E-state index < -0.39 is 36.7 Å². The van der Waals surface area contributed by atoms with Crippen LogP contribution in [0.2, 0.25) is 0 Å². The van der Waals surface area contributed by atoms with Gasteiger partial charge in [0.1, 0.15) is 18.3 Å². The SMILES string of the molecule is COc1ccc(Cc2nccc3cc(O[C@@H]4OC(C(=O)O)[C@@H](O)C(O)C4O)c(OC)cc23)cc1OC. The summed E-state index contributed by atoms with van der Waals surface area (Å²) in [6, 6.07) is 10.7. The van der Waals surface area contributed by atoms with Crippen LogP contribution < -0.4 is 18.9 Å². The van der Waals surface area contributed by atoms with E-state index in [-0.39, 0.29) is 11.5 Å². The minimum absolute atomic E-state index is 0.144. The van der Waals surface area contributed by atoms with E-state index in [1.165, 1.54) is 7.11 Å². The van der Waals surface area contributed by atoms with E-state index in [1.807, 2.05) is 18.2 Å². The van der Waals surface area contributed by atoms with E-state index in [0.717, 1.165) is 22.0 Å². The number of aromatic nitrogens is 1. The van der Waals surface area contributed by atoms with Crippen molar-refractivity contribution in [3.8, 4) is 23.0 Å². The second kappa shape index (κ2) is 10.5. The van der Waals surface area contributed by atoms with Gasteiger partial charge in [0, 0.05) is 18.0 Å². The highest BCUT2D eigenvalue weighted by atomic mass is 16.7. The fourth-order valence-corrected chi connectivity index (χ4v) is 4.09. The predicted molar refractivity (Wildman–Crippen MR) is 126 cm³/mol. The fraction of sp³-hybridized carbons (Fsp3) is 0.360. The third kappa shape index (κ3) is 4.86. The fourth-order valence-electron chi connectivity index (χ4n) is 4.09. The summed E-state index contributed by atoms with van der Waals surface area (Å²) in [6.07, 6.45) is -6.53. The lowest BCUT2D eigenvalue weighted by Crippen LogP contribution is -2.61. The normalized spacial score (nSPS) is 23.8. The highest BCUT2D eigenvalue weighted by Crippen LogP contribution is 2.37. The van der Waals surface area contributed by atoms with E-state index in [0.29, 0.717) is 17.9 Å². The van der Waals surface area contributed by atoms with Crippen molar-refractivity contribution in [3.05, 3.63) is 53.9 Å². The van der Waals surface area contributed by atoms with Gasteiger partial charge in [0.25, 0.3) is 0 Å². The smallest absolute Gasteiger partial charge is 0.335 e. The molecule has 0 aliphatic carbocycles.